The van der Waals surface area contributed by atoms with Crippen LogP contribution in [-0.2, 0) is 13.2 Å². The maximum Gasteiger partial charge on any atom is 0.319 e. The van der Waals surface area contributed by atoms with Gasteiger partial charge in [0.05, 0.1) is 12.8 Å². The number of rotatable bonds is 6. The quantitative estimate of drug-likeness (QED) is 0.691. The molecule has 2 heterocycles. The first kappa shape index (κ1) is 16.8. The number of amides is 2. The molecule has 0 saturated carbocycles. The Morgan fingerprint density at radius 2 is 1.96 bits per heavy atom. The molecule has 27 heavy (non-hydrogen) atoms. The number of anilines is 1. The van der Waals surface area contributed by atoms with Crippen molar-refractivity contribution in [3.63, 3.8) is 0 Å². The Labute approximate surface area is 155 Å². The average molecular weight is 366 g/mol. The van der Waals surface area contributed by atoms with Gasteiger partial charge < -0.3 is 29.3 Å². The van der Waals surface area contributed by atoms with E-state index in [1.165, 1.54) is 0 Å². The van der Waals surface area contributed by atoms with Gasteiger partial charge in [0, 0.05) is 11.8 Å². The van der Waals surface area contributed by atoms with Gasteiger partial charge in [-0.1, -0.05) is 12.1 Å². The molecular weight excluding hydrogens is 348 g/mol. The molecule has 4 rings (SSSR count). The molecule has 1 aliphatic rings. The highest BCUT2D eigenvalue weighted by atomic mass is 16.7. The van der Waals surface area contributed by atoms with Gasteiger partial charge in [-0.2, -0.15) is 0 Å². The second-order valence-corrected chi connectivity index (χ2v) is 5.89. The molecule has 0 unspecified atom stereocenters. The zero-order valence-electron chi connectivity index (χ0n) is 14.4. The number of urea groups is 1. The van der Waals surface area contributed by atoms with Crippen LogP contribution in [-0.4, -0.2) is 12.8 Å². The van der Waals surface area contributed by atoms with E-state index >= 15 is 0 Å². The van der Waals surface area contributed by atoms with Gasteiger partial charge in [-0.15, -0.1) is 0 Å². The first-order valence-corrected chi connectivity index (χ1v) is 8.45. The van der Waals surface area contributed by atoms with Crippen molar-refractivity contribution in [1.29, 1.82) is 0 Å². The molecule has 3 aromatic rings. The Morgan fingerprint density at radius 1 is 1.04 bits per heavy atom. The number of hydrogen-bond donors (Lipinski definition) is 2. The Kier molecular flexibility index (Phi) is 4.82. The molecule has 7 heteroatoms. The summed E-state index contributed by atoms with van der Waals surface area (Å²) >= 11 is 0. The van der Waals surface area contributed by atoms with Crippen molar-refractivity contribution >= 4 is 11.7 Å². The molecule has 2 amide bonds. The monoisotopic (exact) mass is 366 g/mol. The topological polar surface area (TPSA) is 82.0 Å². The summed E-state index contributed by atoms with van der Waals surface area (Å²) < 4.78 is 21.6. The predicted octanol–water partition coefficient (Wildman–Crippen LogP) is 3.91. The maximum absolute atomic E-state index is 12.0. The summed E-state index contributed by atoms with van der Waals surface area (Å²) in [6.07, 6.45) is 1.57. The molecule has 7 nitrogen and oxygen atoms in total. The molecule has 0 spiro atoms. The fourth-order valence-electron chi connectivity index (χ4n) is 2.63. The molecule has 1 aromatic heterocycles. The Bertz CT molecular complexity index is 924. The number of fused-ring (bicyclic) bond motifs is 1. The molecule has 0 fully saturated rings. The number of hydrogen-bond acceptors (Lipinski definition) is 5. The third kappa shape index (κ3) is 4.33. The van der Waals surface area contributed by atoms with Crippen molar-refractivity contribution < 1.29 is 23.4 Å². The summed E-state index contributed by atoms with van der Waals surface area (Å²) in [6, 6.07) is 16.2. The van der Waals surface area contributed by atoms with Crippen LogP contribution in [0.4, 0.5) is 10.5 Å². The van der Waals surface area contributed by atoms with Gasteiger partial charge in [0.15, 0.2) is 11.5 Å². The number of carbonyl (C=O) groups is 1. The highest BCUT2D eigenvalue weighted by Crippen LogP contribution is 2.35. The van der Waals surface area contributed by atoms with E-state index in [-0.39, 0.29) is 12.8 Å². The van der Waals surface area contributed by atoms with Crippen molar-refractivity contribution in [3.05, 3.63) is 72.2 Å². The predicted molar refractivity (Wildman–Crippen MR) is 97.9 cm³/mol. The van der Waals surface area contributed by atoms with E-state index in [4.69, 9.17) is 18.6 Å². The molecule has 0 atom stereocenters. The summed E-state index contributed by atoms with van der Waals surface area (Å²) in [5, 5.41) is 5.53. The van der Waals surface area contributed by atoms with Gasteiger partial charge in [-0.3, -0.25) is 0 Å². The van der Waals surface area contributed by atoms with Gasteiger partial charge in [0.1, 0.15) is 18.1 Å². The first-order valence-electron chi connectivity index (χ1n) is 8.45. The third-order valence-electron chi connectivity index (χ3n) is 3.94. The van der Waals surface area contributed by atoms with Crippen molar-refractivity contribution in [2.24, 2.45) is 0 Å². The zero-order chi connectivity index (χ0) is 18.5. The molecule has 138 valence electrons. The summed E-state index contributed by atoms with van der Waals surface area (Å²) in [5.74, 6) is 2.77. The highest BCUT2D eigenvalue weighted by molar-refractivity contribution is 5.89. The van der Waals surface area contributed by atoms with Crippen LogP contribution in [0.25, 0.3) is 0 Å². The average Bonchev–Trinajstić information content (AvgIpc) is 3.36. The second-order valence-electron chi connectivity index (χ2n) is 5.89. The molecule has 0 aliphatic carbocycles. The largest absolute Gasteiger partial charge is 0.489 e. The van der Waals surface area contributed by atoms with E-state index in [1.54, 1.807) is 24.5 Å². The van der Waals surface area contributed by atoms with Crippen molar-refractivity contribution in [2.75, 3.05) is 12.1 Å². The van der Waals surface area contributed by atoms with E-state index in [0.717, 1.165) is 5.56 Å². The fourth-order valence-corrected chi connectivity index (χ4v) is 2.63. The van der Waals surface area contributed by atoms with Crippen LogP contribution < -0.4 is 24.8 Å². The van der Waals surface area contributed by atoms with Gasteiger partial charge in [0.2, 0.25) is 6.79 Å². The lowest BCUT2D eigenvalue weighted by atomic mass is 10.2. The summed E-state index contributed by atoms with van der Waals surface area (Å²) in [4.78, 5) is 12.0. The third-order valence-corrected chi connectivity index (χ3v) is 3.94. The Hall–Kier alpha value is -3.61. The minimum absolute atomic E-state index is 0.231. The number of furan rings is 1. The molecule has 2 aromatic carbocycles. The lowest BCUT2D eigenvalue weighted by molar-refractivity contribution is 0.173. The van der Waals surface area contributed by atoms with E-state index in [1.807, 2.05) is 36.4 Å². The fraction of sp³-hybridized carbons (Fsp3) is 0.150. The van der Waals surface area contributed by atoms with E-state index in [2.05, 4.69) is 10.6 Å². The van der Waals surface area contributed by atoms with Crippen molar-refractivity contribution in [1.82, 2.24) is 5.32 Å². The first-order chi connectivity index (χ1) is 13.3. The van der Waals surface area contributed by atoms with E-state index in [9.17, 15) is 4.79 Å². The standard InChI is InChI=1S/C20H18N2O5/c23-20(21-11-17-5-2-8-24-17)22-15-4-1-3-14(9-15)12-25-16-6-7-18-19(10-16)27-13-26-18/h1-10H,11-13H2,(H2,21,22,23). The molecule has 2 N–H and O–H groups in total. The van der Waals surface area contributed by atoms with Crippen molar-refractivity contribution in [3.8, 4) is 17.2 Å². The minimum Gasteiger partial charge on any atom is -0.489 e. The number of benzene rings is 2. The molecule has 0 saturated heterocycles. The molecular formula is C20H18N2O5. The minimum atomic E-state index is -0.305. The summed E-state index contributed by atoms with van der Waals surface area (Å²) in [7, 11) is 0. The Balaban J connectivity index is 1.31. The van der Waals surface area contributed by atoms with Crippen LogP contribution in [0, 0.1) is 0 Å². The van der Waals surface area contributed by atoms with Gasteiger partial charge in [0.25, 0.3) is 0 Å². The van der Waals surface area contributed by atoms with Gasteiger partial charge >= 0.3 is 6.03 Å². The molecule has 0 bridgehead atoms. The summed E-state index contributed by atoms with van der Waals surface area (Å²) in [5.41, 5.74) is 1.61. The summed E-state index contributed by atoms with van der Waals surface area (Å²) in [6.45, 7) is 0.920. The van der Waals surface area contributed by atoms with Crippen LogP contribution in [0.5, 0.6) is 17.2 Å². The van der Waals surface area contributed by atoms with Crippen LogP contribution in [0.3, 0.4) is 0 Å². The van der Waals surface area contributed by atoms with Crippen molar-refractivity contribution in [2.45, 2.75) is 13.2 Å². The number of carbonyl (C=O) groups excluding carboxylic acids is 1. The second kappa shape index (κ2) is 7.74. The van der Waals surface area contributed by atoms with Crippen LogP contribution >= 0.6 is 0 Å². The molecule has 1 aliphatic heterocycles. The maximum atomic E-state index is 12.0. The van der Waals surface area contributed by atoms with Gasteiger partial charge in [-0.05, 0) is 42.0 Å². The van der Waals surface area contributed by atoms with Crippen LogP contribution in [0.1, 0.15) is 11.3 Å². The number of nitrogens with one attached hydrogen (secondary N) is 2. The SMILES string of the molecule is O=C(NCc1ccco1)Nc1cccc(COc2ccc3c(c2)OCO3)c1. The van der Waals surface area contributed by atoms with E-state index in [0.29, 0.717) is 41.8 Å². The zero-order valence-corrected chi connectivity index (χ0v) is 14.4. The Morgan fingerprint density at radius 3 is 2.85 bits per heavy atom. The van der Waals surface area contributed by atoms with E-state index < -0.39 is 0 Å². The highest BCUT2D eigenvalue weighted by Gasteiger charge is 2.13. The molecule has 0 radical (unpaired) electrons. The normalized spacial score (nSPS) is 11.9. The number of ether oxygens (including phenoxy) is 3. The smallest absolute Gasteiger partial charge is 0.319 e. The van der Waals surface area contributed by atoms with Crippen LogP contribution in [0.2, 0.25) is 0 Å². The lowest BCUT2D eigenvalue weighted by Gasteiger charge is -2.10. The lowest BCUT2D eigenvalue weighted by Crippen LogP contribution is -2.28. The van der Waals surface area contributed by atoms with Gasteiger partial charge in [-0.25, -0.2) is 4.79 Å². The van der Waals surface area contributed by atoms with Crippen LogP contribution in [0.15, 0.2) is 65.3 Å².